The fourth-order valence-corrected chi connectivity index (χ4v) is 2.22. The summed E-state index contributed by atoms with van der Waals surface area (Å²) in [6.07, 6.45) is 0. The van der Waals surface area contributed by atoms with Crippen LogP contribution in [0.25, 0.3) is 0 Å². The Morgan fingerprint density at radius 1 is 1.33 bits per heavy atom. The van der Waals surface area contributed by atoms with Gasteiger partial charge >= 0.3 is 0 Å². The molecule has 2 aromatic rings. The van der Waals surface area contributed by atoms with Gasteiger partial charge in [0.25, 0.3) is 0 Å². The van der Waals surface area contributed by atoms with Crippen LogP contribution >= 0.6 is 0 Å². The number of nitriles is 1. The lowest BCUT2D eigenvalue weighted by Crippen LogP contribution is -2.20. The number of methoxy groups -OCH3 is 1. The molecule has 0 aliphatic heterocycles. The molecular formula is C16H17N3O2. The molecule has 1 aromatic carbocycles. The first-order valence-corrected chi connectivity index (χ1v) is 6.56. The van der Waals surface area contributed by atoms with Crippen molar-refractivity contribution in [1.82, 2.24) is 4.57 Å². The van der Waals surface area contributed by atoms with Crippen molar-refractivity contribution in [3.8, 4) is 11.8 Å². The Hall–Kier alpha value is -2.74. The second kappa shape index (κ2) is 6.14. The zero-order chi connectivity index (χ0) is 15.4. The van der Waals surface area contributed by atoms with E-state index >= 15 is 0 Å². The van der Waals surface area contributed by atoms with Crippen molar-refractivity contribution in [2.45, 2.75) is 20.4 Å². The van der Waals surface area contributed by atoms with Crippen LogP contribution in [0.15, 0.2) is 30.3 Å². The smallest absolute Gasteiger partial charge is 0.244 e. The number of nitrogens with one attached hydrogen (secondary N) is 1. The number of amides is 1. The van der Waals surface area contributed by atoms with Crippen LogP contribution in [-0.2, 0) is 11.3 Å². The summed E-state index contributed by atoms with van der Waals surface area (Å²) >= 11 is 0. The third kappa shape index (κ3) is 3.23. The Kier molecular flexibility index (Phi) is 4.29. The summed E-state index contributed by atoms with van der Waals surface area (Å²) in [5, 5.41) is 12.0. The second-order valence-electron chi connectivity index (χ2n) is 4.79. The van der Waals surface area contributed by atoms with E-state index in [-0.39, 0.29) is 12.5 Å². The van der Waals surface area contributed by atoms with Crippen LogP contribution in [0.3, 0.4) is 0 Å². The van der Waals surface area contributed by atoms with Gasteiger partial charge in [0.15, 0.2) is 0 Å². The average molecular weight is 283 g/mol. The van der Waals surface area contributed by atoms with Gasteiger partial charge in [-0.3, -0.25) is 4.79 Å². The van der Waals surface area contributed by atoms with Crippen molar-refractivity contribution >= 4 is 11.6 Å². The lowest BCUT2D eigenvalue weighted by atomic mass is 10.3. The molecule has 0 fully saturated rings. The summed E-state index contributed by atoms with van der Waals surface area (Å²) in [4.78, 5) is 12.1. The SMILES string of the molecule is COc1ccc(NC(=O)Cn2c(C)cc(C)c2C#N)cc1. The number of ether oxygens (including phenoxy) is 1. The number of benzene rings is 1. The van der Waals surface area contributed by atoms with Gasteiger partial charge in [-0.2, -0.15) is 5.26 Å². The number of anilines is 1. The van der Waals surface area contributed by atoms with Gasteiger partial charge in [-0.15, -0.1) is 0 Å². The second-order valence-corrected chi connectivity index (χ2v) is 4.79. The van der Waals surface area contributed by atoms with Crippen molar-refractivity contribution in [1.29, 1.82) is 5.26 Å². The van der Waals surface area contributed by atoms with Crippen molar-refractivity contribution in [2.24, 2.45) is 0 Å². The average Bonchev–Trinajstić information content (AvgIpc) is 2.73. The van der Waals surface area contributed by atoms with Gasteiger partial charge in [-0.05, 0) is 49.7 Å². The number of hydrogen-bond acceptors (Lipinski definition) is 3. The Morgan fingerprint density at radius 3 is 2.57 bits per heavy atom. The predicted octanol–water partition coefficient (Wildman–Crippen LogP) is 2.62. The Morgan fingerprint density at radius 2 is 2.00 bits per heavy atom. The third-order valence-electron chi connectivity index (χ3n) is 3.28. The molecule has 0 atom stereocenters. The highest BCUT2D eigenvalue weighted by Gasteiger charge is 2.12. The van der Waals surface area contributed by atoms with Crippen molar-refractivity contribution < 1.29 is 9.53 Å². The molecule has 1 heterocycles. The molecule has 1 aromatic heterocycles. The van der Waals surface area contributed by atoms with Crippen LogP contribution in [0, 0.1) is 25.2 Å². The van der Waals surface area contributed by atoms with Crippen molar-refractivity contribution in [3.63, 3.8) is 0 Å². The molecule has 1 amide bonds. The van der Waals surface area contributed by atoms with E-state index in [4.69, 9.17) is 10.00 Å². The molecule has 108 valence electrons. The van der Waals surface area contributed by atoms with Crippen LogP contribution in [-0.4, -0.2) is 17.6 Å². The molecule has 21 heavy (non-hydrogen) atoms. The first kappa shape index (κ1) is 14.7. The zero-order valence-electron chi connectivity index (χ0n) is 12.3. The van der Waals surface area contributed by atoms with E-state index < -0.39 is 0 Å². The fourth-order valence-electron chi connectivity index (χ4n) is 2.22. The van der Waals surface area contributed by atoms with E-state index in [1.54, 1.807) is 35.9 Å². The van der Waals surface area contributed by atoms with Crippen molar-refractivity contribution in [3.05, 3.63) is 47.3 Å². The minimum absolute atomic E-state index is 0.120. The topological polar surface area (TPSA) is 67.0 Å². The van der Waals surface area contributed by atoms with Crippen LogP contribution in [0.4, 0.5) is 5.69 Å². The number of nitrogens with zero attached hydrogens (tertiary/aromatic N) is 2. The van der Waals surface area contributed by atoms with Crippen LogP contribution in [0.5, 0.6) is 5.75 Å². The minimum atomic E-state index is -0.171. The Balaban J connectivity index is 2.10. The van der Waals surface area contributed by atoms with E-state index in [2.05, 4.69) is 11.4 Å². The fraction of sp³-hybridized carbons (Fsp3) is 0.250. The molecule has 0 saturated carbocycles. The number of carbonyl (C=O) groups is 1. The van der Waals surface area contributed by atoms with E-state index in [1.807, 2.05) is 19.9 Å². The van der Waals surface area contributed by atoms with Gasteiger partial charge in [-0.25, -0.2) is 0 Å². The van der Waals surface area contributed by atoms with Gasteiger partial charge in [0, 0.05) is 11.4 Å². The lowest BCUT2D eigenvalue weighted by Gasteiger charge is -2.09. The Labute approximate surface area is 123 Å². The summed E-state index contributed by atoms with van der Waals surface area (Å²) in [6, 6.07) is 11.1. The van der Waals surface area contributed by atoms with Crippen LogP contribution < -0.4 is 10.1 Å². The molecule has 0 spiro atoms. The maximum Gasteiger partial charge on any atom is 0.244 e. The summed E-state index contributed by atoms with van der Waals surface area (Å²) in [6.45, 7) is 3.87. The molecule has 0 saturated heterocycles. The van der Waals surface area contributed by atoms with Gasteiger partial charge in [0.1, 0.15) is 24.1 Å². The number of carbonyl (C=O) groups excluding carboxylic acids is 1. The molecular weight excluding hydrogens is 266 g/mol. The first-order valence-electron chi connectivity index (χ1n) is 6.56. The molecule has 2 rings (SSSR count). The van der Waals surface area contributed by atoms with Crippen LogP contribution in [0.2, 0.25) is 0 Å². The summed E-state index contributed by atoms with van der Waals surface area (Å²) in [5.74, 6) is 0.562. The molecule has 0 unspecified atom stereocenters. The molecule has 0 aliphatic carbocycles. The molecule has 1 N–H and O–H groups in total. The maximum atomic E-state index is 12.1. The molecule has 0 radical (unpaired) electrons. The van der Waals surface area contributed by atoms with E-state index in [0.717, 1.165) is 17.0 Å². The summed E-state index contributed by atoms with van der Waals surface area (Å²) < 4.78 is 6.78. The number of rotatable bonds is 4. The standard InChI is InChI=1S/C16H17N3O2/c1-11-8-12(2)19(15(11)9-17)10-16(20)18-13-4-6-14(21-3)7-5-13/h4-8H,10H2,1-3H3,(H,18,20). The number of aryl methyl sites for hydroxylation is 2. The zero-order valence-corrected chi connectivity index (χ0v) is 12.3. The monoisotopic (exact) mass is 283 g/mol. The third-order valence-corrected chi connectivity index (χ3v) is 3.28. The molecule has 0 aliphatic rings. The van der Waals surface area contributed by atoms with E-state index in [1.165, 1.54) is 0 Å². The molecule has 5 nitrogen and oxygen atoms in total. The largest absolute Gasteiger partial charge is 0.497 e. The summed E-state index contributed by atoms with van der Waals surface area (Å²) in [7, 11) is 1.59. The van der Waals surface area contributed by atoms with Crippen molar-refractivity contribution in [2.75, 3.05) is 12.4 Å². The van der Waals surface area contributed by atoms with Crippen LogP contribution in [0.1, 0.15) is 17.0 Å². The highest BCUT2D eigenvalue weighted by molar-refractivity contribution is 5.90. The normalized spacial score (nSPS) is 10.0. The number of hydrogen-bond donors (Lipinski definition) is 1. The first-order chi connectivity index (χ1) is 10.0. The number of aromatic nitrogens is 1. The quantitative estimate of drug-likeness (QED) is 0.938. The predicted molar refractivity (Wildman–Crippen MR) is 80.2 cm³/mol. The van der Waals surface area contributed by atoms with Gasteiger partial charge in [-0.1, -0.05) is 0 Å². The highest BCUT2D eigenvalue weighted by Crippen LogP contribution is 2.16. The maximum absolute atomic E-state index is 12.1. The van der Waals surface area contributed by atoms with Gasteiger partial charge in [0.2, 0.25) is 5.91 Å². The Bertz CT molecular complexity index is 694. The highest BCUT2D eigenvalue weighted by atomic mass is 16.5. The van der Waals surface area contributed by atoms with Gasteiger partial charge in [0.05, 0.1) is 7.11 Å². The summed E-state index contributed by atoms with van der Waals surface area (Å²) in [5.41, 5.74) is 3.00. The lowest BCUT2D eigenvalue weighted by molar-refractivity contribution is -0.116. The van der Waals surface area contributed by atoms with Gasteiger partial charge < -0.3 is 14.6 Å². The minimum Gasteiger partial charge on any atom is -0.497 e. The molecule has 0 bridgehead atoms. The van der Waals surface area contributed by atoms with E-state index in [9.17, 15) is 4.79 Å². The molecule has 5 heteroatoms. The van der Waals surface area contributed by atoms with E-state index in [0.29, 0.717) is 11.4 Å².